The van der Waals surface area contributed by atoms with Crippen LogP contribution in [0.15, 0.2) is 18.2 Å². The lowest BCUT2D eigenvalue weighted by atomic mass is 9.88. The van der Waals surface area contributed by atoms with E-state index >= 15 is 0 Å². The predicted octanol–water partition coefficient (Wildman–Crippen LogP) is 2.04. The van der Waals surface area contributed by atoms with Crippen molar-refractivity contribution in [1.29, 1.82) is 0 Å². The van der Waals surface area contributed by atoms with Gasteiger partial charge in [0.25, 0.3) is 0 Å². The number of rotatable bonds is 2. The van der Waals surface area contributed by atoms with Crippen LogP contribution in [0.5, 0.6) is 0 Å². The number of benzene rings is 1. The third-order valence-corrected chi connectivity index (χ3v) is 3.82. The number of para-hydroxylation sites is 1. The molecule has 1 N–H and O–H groups in total. The summed E-state index contributed by atoms with van der Waals surface area (Å²) >= 11 is 0. The standard InChI is InChI=1S/C13H16FN3/c1-8(9-6-15-7-9)13-16-12-10(14)4-3-5-11(12)17(13)2/h3-5,8-9,15H,6-7H2,1-2H3. The van der Waals surface area contributed by atoms with Crippen molar-refractivity contribution < 1.29 is 4.39 Å². The zero-order chi connectivity index (χ0) is 12.0. The van der Waals surface area contributed by atoms with Crippen molar-refractivity contribution in [2.24, 2.45) is 13.0 Å². The van der Waals surface area contributed by atoms with Crippen molar-refractivity contribution in [3.05, 3.63) is 29.8 Å². The molecule has 2 heterocycles. The van der Waals surface area contributed by atoms with E-state index in [9.17, 15) is 4.39 Å². The molecule has 1 aromatic heterocycles. The molecule has 17 heavy (non-hydrogen) atoms. The van der Waals surface area contributed by atoms with E-state index in [0.29, 0.717) is 17.4 Å². The van der Waals surface area contributed by atoms with Gasteiger partial charge in [0.15, 0.2) is 5.82 Å². The first-order valence-corrected chi connectivity index (χ1v) is 6.00. The molecule has 2 aromatic rings. The molecule has 1 aliphatic rings. The van der Waals surface area contributed by atoms with Gasteiger partial charge in [0, 0.05) is 13.0 Å². The van der Waals surface area contributed by atoms with Crippen LogP contribution < -0.4 is 5.32 Å². The number of hydrogen-bond acceptors (Lipinski definition) is 2. The first kappa shape index (κ1) is 10.7. The number of aryl methyl sites for hydroxylation is 1. The smallest absolute Gasteiger partial charge is 0.151 e. The molecule has 3 rings (SSSR count). The van der Waals surface area contributed by atoms with Crippen LogP contribution in [0.3, 0.4) is 0 Å². The molecular formula is C13H16FN3. The van der Waals surface area contributed by atoms with Crippen LogP contribution in [0, 0.1) is 11.7 Å². The third kappa shape index (κ3) is 1.55. The average Bonchev–Trinajstić information content (AvgIpc) is 2.56. The molecule has 4 heteroatoms. The second-order valence-corrected chi connectivity index (χ2v) is 4.84. The molecule has 0 aliphatic carbocycles. The number of nitrogens with zero attached hydrogens (tertiary/aromatic N) is 2. The number of hydrogen-bond donors (Lipinski definition) is 1. The molecule has 1 saturated heterocycles. The summed E-state index contributed by atoms with van der Waals surface area (Å²) in [5, 5.41) is 3.27. The lowest BCUT2D eigenvalue weighted by Crippen LogP contribution is -2.45. The molecule has 0 spiro atoms. The number of nitrogens with one attached hydrogen (secondary N) is 1. The molecule has 0 amide bonds. The van der Waals surface area contributed by atoms with Crippen molar-refractivity contribution in [3.63, 3.8) is 0 Å². The molecule has 0 saturated carbocycles. The fourth-order valence-corrected chi connectivity index (χ4v) is 2.48. The molecule has 1 atom stereocenters. The van der Waals surface area contributed by atoms with Gasteiger partial charge in [-0.3, -0.25) is 0 Å². The second-order valence-electron chi connectivity index (χ2n) is 4.84. The number of halogens is 1. The molecular weight excluding hydrogens is 217 g/mol. The van der Waals surface area contributed by atoms with Crippen LogP contribution in [0.1, 0.15) is 18.7 Å². The highest BCUT2D eigenvalue weighted by atomic mass is 19.1. The van der Waals surface area contributed by atoms with E-state index in [1.165, 1.54) is 6.07 Å². The minimum Gasteiger partial charge on any atom is -0.331 e. The molecule has 1 aromatic carbocycles. The fraction of sp³-hybridized carbons (Fsp3) is 0.462. The van der Waals surface area contributed by atoms with Crippen LogP contribution in [-0.2, 0) is 7.05 Å². The fourth-order valence-electron chi connectivity index (χ4n) is 2.48. The van der Waals surface area contributed by atoms with Gasteiger partial charge in [-0.05, 0) is 31.1 Å². The largest absolute Gasteiger partial charge is 0.331 e. The lowest BCUT2D eigenvalue weighted by Gasteiger charge is -2.32. The van der Waals surface area contributed by atoms with Gasteiger partial charge in [-0.15, -0.1) is 0 Å². The molecule has 1 unspecified atom stereocenters. The highest BCUT2D eigenvalue weighted by Gasteiger charge is 2.28. The van der Waals surface area contributed by atoms with E-state index in [1.807, 2.05) is 17.7 Å². The minimum atomic E-state index is -0.233. The Morgan fingerprint density at radius 2 is 2.24 bits per heavy atom. The molecule has 3 nitrogen and oxygen atoms in total. The topological polar surface area (TPSA) is 29.9 Å². The normalized spacial score (nSPS) is 18.3. The molecule has 90 valence electrons. The van der Waals surface area contributed by atoms with Gasteiger partial charge in [0.1, 0.15) is 11.3 Å². The van der Waals surface area contributed by atoms with E-state index in [2.05, 4.69) is 17.2 Å². The Labute approximate surface area is 99.7 Å². The monoisotopic (exact) mass is 233 g/mol. The average molecular weight is 233 g/mol. The lowest BCUT2D eigenvalue weighted by molar-refractivity contribution is 0.293. The van der Waals surface area contributed by atoms with E-state index in [4.69, 9.17) is 0 Å². The van der Waals surface area contributed by atoms with Gasteiger partial charge in [0.2, 0.25) is 0 Å². The first-order valence-electron chi connectivity index (χ1n) is 6.00. The molecule has 0 radical (unpaired) electrons. The number of fused-ring (bicyclic) bond motifs is 1. The van der Waals surface area contributed by atoms with E-state index < -0.39 is 0 Å². The maximum Gasteiger partial charge on any atom is 0.151 e. The van der Waals surface area contributed by atoms with Gasteiger partial charge in [-0.1, -0.05) is 13.0 Å². The van der Waals surface area contributed by atoms with Crippen LogP contribution in [0.2, 0.25) is 0 Å². The van der Waals surface area contributed by atoms with Crippen molar-refractivity contribution in [1.82, 2.24) is 14.9 Å². The first-order chi connectivity index (χ1) is 8.18. The summed E-state index contributed by atoms with van der Waals surface area (Å²) < 4.78 is 15.7. The Morgan fingerprint density at radius 1 is 1.47 bits per heavy atom. The summed E-state index contributed by atoms with van der Waals surface area (Å²) in [5.74, 6) is 1.74. The number of imidazole rings is 1. The maximum atomic E-state index is 13.7. The summed E-state index contributed by atoms with van der Waals surface area (Å²) in [5.41, 5.74) is 1.36. The molecule has 1 fully saturated rings. The Bertz CT molecular complexity index is 557. The Morgan fingerprint density at radius 3 is 2.82 bits per heavy atom. The third-order valence-electron chi connectivity index (χ3n) is 3.82. The molecule has 1 aliphatic heterocycles. The van der Waals surface area contributed by atoms with Crippen LogP contribution in [-0.4, -0.2) is 22.6 Å². The van der Waals surface area contributed by atoms with Gasteiger partial charge in [0.05, 0.1) is 5.52 Å². The summed E-state index contributed by atoms with van der Waals surface area (Å²) in [7, 11) is 1.96. The van der Waals surface area contributed by atoms with Crippen molar-refractivity contribution in [2.75, 3.05) is 13.1 Å². The van der Waals surface area contributed by atoms with Gasteiger partial charge >= 0.3 is 0 Å². The highest BCUT2D eigenvalue weighted by Crippen LogP contribution is 2.29. The highest BCUT2D eigenvalue weighted by molar-refractivity contribution is 5.76. The SMILES string of the molecule is CC(c1nc2c(F)cccc2n1C)C1CNC1. The van der Waals surface area contributed by atoms with Crippen molar-refractivity contribution >= 4 is 11.0 Å². The van der Waals surface area contributed by atoms with Crippen molar-refractivity contribution in [2.45, 2.75) is 12.8 Å². The Hall–Kier alpha value is -1.42. The Kier molecular flexibility index (Phi) is 2.40. The second kappa shape index (κ2) is 3.81. The summed E-state index contributed by atoms with van der Waals surface area (Å²) in [6, 6.07) is 5.12. The number of aromatic nitrogens is 2. The van der Waals surface area contributed by atoms with Crippen LogP contribution in [0.4, 0.5) is 4.39 Å². The zero-order valence-corrected chi connectivity index (χ0v) is 10.1. The maximum absolute atomic E-state index is 13.7. The van der Waals surface area contributed by atoms with Gasteiger partial charge in [-0.2, -0.15) is 0 Å². The van der Waals surface area contributed by atoms with E-state index in [0.717, 1.165) is 24.4 Å². The predicted molar refractivity (Wildman–Crippen MR) is 65.4 cm³/mol. The zero-order valence-electron chi connectivity index (χ0n) is 10.1. The van der Waals surface area contributed by atoms with Crippen molar-refractivity contribution in [3.8, 4) is 0 Å². The quantitative estimate of drug-likeness (QED) is 0.860. The summed E-state index contributed by atoms with van der Waals surface area (Å²) in [6.45, 7) is 4.24. The van der Waals surface area contributed by atoms with Crippen LogP contribution in [0.25, 0.3) is 11.0 Å². The minimum absolute atomic E-state index is 0.233. The van der Waals surface area contributed by atoms with Gasteiger partial charge < -0.3 is 9.88 Å². The van der Waals surface area contributed by atoms with E-state index in [-0.39, 0.29) is 5.82 Å². The van der Waals surface area contributed by atoms with Crippen LogP contribution >= 0.6 is 0 Å². The van der Waals surface area contributed by atoms with E-state index in [1.54, 1.807) is 6.07 Å². The molecule has 0 bridgehead atoms. The summed E-state index contributed by atoms with van der Waals surface area (Å²) in [4.78, 5) is 4.47. The van der Waals surface area contributed by atoms with Gasteiger partial charge in [-0.25, -0.2) is 9.37 Å². The Balaban J connectivity index is 2.10. The summed E-state index contributed by atoms with van der Waals surface area (Å²) in [6.07, 6.45) is 0.